The number of guanidine groups is 1. The predicted molar refractivity (Wildman–Crippen MR) is 135 cm³/mol. The fourth-order valence-electron chi connectivity index (χ4n) is 3.22. The molecule has 172 valence electrons. The lowest BCUT2D eigenvalue weighted by Crippen LogP contribution is -2.40. The number of furan rings is 1. The number of rotatable bonds is 11. The predicted octanol–water partition coefficient (Wildman–Crippen LogP) is 3.09. The molecule has 0 radical (unpaired) electrons. The Hall–Kier alpha value is -1.78. The Kier molecular flexibility index (Phi) is 12.4. The number of benzene rings is 1. The van der Waals surface area contributed by atoms with Crippen molar-refractivity contribution >= 4 is 29.9 Å². The van der Waals surface area contributed by atoms with Crippen molar-refractivity contribution in [3.8, 4) is 5.75 Å². The highest BCUT2D eigenvalue weighted by Gasteiger charge is 2.09. The Labute approximate surface area is 202 Å². The van der Waals surface area contributed by atoms with Crippen molar-refractivity contribution in [1.82, 2.24) is 15.5 Å². The van der Waals surface area contributed by atoms with E-state index in [-0.39, 0.29) is 24.0 Å². The molecule has 0 spiro atoms. The van der Waals surface area contributed by atoms with Gasteiger partial charge in [0.2, 0.25) is 0 Å². The lowest BCUT2D eigenvalue weighted by Gasteiger charge is -2.26. The number of hydrogen-bond acceptors (Lipinski definition) is 5. The van der Waals surface area contributed by atoms with E-state index in [1.807, 2.05) is 24.3 Å². The van der Waals surface area contributed by atoms with Gasteiger partial charge in [-0.2, -0.15) is 0 Å². The molecule has 2 heterocycles. The summed E-state index contributed by atoms with van der Waals surface area (Å²) in [6.07, 6.45) is 3.56. The molecular weight excluding hydrogens is 507 g/mol. The fraction of sp³-hybridized carbons (Fsp3) is 0.522. The third-order valence-corrected chi connectivity index (χ3v) is 4.93. The minimum absolute atomic E-state index is 0. The second-order valence-corrected chi connectivity index (χ2v) is 7.38. The summed E-state index contributed by atoms with van der Waals surface area (Å²) in [6.45, 7) is 9.66. The average molecular weight is 542 g/mol. The topological polar surface area (TPSA) is 71.3 Å². The highest BCUT2D eigenvalue weighted by atomic mass is 127. The molecule has 0 aliphatic carbocycles. The van der Waals surface area contributed by atoms with Gasteiger partial charge in [-0.05, 0) is 37.6 Å². The van der Waals surface area contributed by atoms with E-state index in [9.17, 15) is 0 Å². The van der Waals surface area contributed by atoms with Gasteiger partial charge in [-0.3, -0.25) is 9.89 Å². The van der Waals surface area contributed by atoms with E-state index in [1.54, 1.807) is 6.26 Å². The second kappa shape index (κ2) is 15.1. The van der Waals surface area contributed by atoms with Crippen molar-refractivity contribution in [3.05, 3.63) is 54.0 Å². The van der Waals surface area contributed by atoms with Gasteiger partial charge < -0.3 is 24.5 Å². The molecule has 1 aliphatic rings. The van der Waals surface area contributed by atoms with Crippen LogP contribution in [-0.2, 0) is 11.2 Å². The number of ether oxygens (including phenoxy) is 2. The van der Waals surface area contributed by atoms with Crippen LogP contribution in [-0.4, -0.2) is 69.9 Å². The molecule has 0 unspecified atom stereocenters. The summed E-state index contributed by atoms with van der Waals surface area (Å²) >= 11 is 0. The molecule has 0 atom stereocenters. The Morgan fingerprint density at radius 3 is 2.61 bits per heavy atom. The molecule has 7 nitrogen and oxygen atoms in total. The van der Waals surface area contributed by atoms with Crippen molar-refractivity contribution in [2.75, 3.05) is 59.1 Å². The van der Waals surface area contributed by atoms with Gasteiger partial charge in [-0.25, -0.2) is 0 Å². The van der Waals surface area contributed by atoms with E-state index >= 15 is 0 Å². The first-order chi connectivity index (χ1) is 14.8. The van der Waals surface area contributed by atoms with Gasteiger partial charge in [0.25, 0.3) is 0 Å². The molecule has 3 rings (SSSR count). The molecule has 1 saturated heterocycles. The molecule has 2 aromatic rings. The van der Waals surface area contributed by atoms with Gasteiger partial charge in [0.1, 0.15) is 18.1 Å². The van der Waals surface area contributed by atoms with Gasteiger partial charge >= 0.3 is 0 Å². The highest BCUT2D eigenvalue weighted by molar-refractivity contribution is 14.0. The molecule has 0 amide bonds. The Balaban J connectivity index is 0.00000341. The molecular formula is C23H35IN4O3. The third kappa shape index (κ3) is 10.4. The number of aliphatic imine (C=N–C) groups is 1. The van der Waals surface area contributed by atoms with Crippen LogP contribution in [0.25, 0.3) is 0 Å². The molecule has 1 aliphatic heterocycles. The normalized spacial score (nSPS) is 14.7. The summed E-state index contributed by atoms with van der Waals surface area (Å²) in [5.41, 5.74) is 1.23. The van der Waals surface area contributed by atoms with E-state index in [2.05, 4.69) is 34.6 Å². The molecule has 2 N–H and O–H groups in total. The lowest BCUT2D eigenvalue weighted by atomic mass is 10.2. The molecule has 0 saturated carbocycles. The first-order valence-corrected chi connectivity index (χ1v) is 10.8. The monoisotopic (exact) mass is 542 g/mol. The summed E-state index contributed by atoms with van der Waals surface area (Å²) in [5, 5.41) is 6.76. The Morgan fingerprint density at radius 1 is 1.10 bits per heavy atom. The molecule has 31 heavy (non-hydrogen) atoms. The Morgan fingerprint density at radius 2 is 1.87 bits per heavy atom. The summed E-state index contributed by atoms with van der Waals surface area (Å²) in [6, 6.07) is 12.0. The van der Waals surface area contributed by atoms with Crippen molar-refractivity contribution in [3.63, 3.8) is 0 Å². The third-order valence-electron chi connectivity index (χ3n) is 4.93. The summed E-state index contributed by atoms with van der Waals surface area (Å²) in [7, 11) is 0. The van der Waals surface area contributed by atoms with Crippen molar-refractivity contribution in [1.29, 1.82) is 0 Å². The molecule has 0 bridgehead atoms. The number of aryl methyl sites for hydroxylation is 1. The van der Waals surface area contributed by atoms with Gasteiger partial charge in [0.15, 0.2) is 5.96 Å². The minimum Gasteiger partial charge on any atom is -0.492 e. The van der Waals surface area contributed by atoms with E-state index in [1.165, 1.54) is 5.56 Å². The lowest BCUT2D eigenvalue weighted by molar-refractivity contribution is 0.0377. The van der Waals surface area contributed by atoms with Crippen LogP contribution < -0.4 is 15.4 Å². The molecule has 1 fully saturated rings. The van der Waals surface area contributed by atoms with Gasteiger partial charge in [-0.15, -0.1) is 24.0 Å². The fourth-order valence-corrected chi connectivity index (χ4v) is 3.22. The first kappa shape index (κ1) is 25.5. The SMILES string of the molecule is Cc1ccc(OCCNC(=NCCCN2CCOCC2)NCCc2ccco2)cc1.I. The first-order valence-electron chi connectivity index (χ1n) is 10.8. The minimum atomic E-state index is 0. The van der Waals surface area contributed by atoms with Gasteiger partial charge in [0, 0.05) is 39.1 Å². The zero-order valence-corrected chi connectivity index (χ0v) is 20.7. The van der Waals surface area contributed by atoms with Crippen LogP contribution >= 0.6 is 24.0 Å². The maximum absolute atomic E-state index is 5.80. The van der Waals surface area contributed by atoms with E-state index < -0.39 is 0 Å². The molecule has 1 aromatic carbocycles. The number of morpholine rings is 1. The maximum Gasteiger partial charge on any atom is 0.191 e. The highest BCUT2D eigenvalue weighted by Crippen LogP contribution is 2.10. The van der Waals surface area contributed by atoms with Crippen LogP contribution in [0, 0.1) is 6.92 Å². The van der Waals surface area contributed by atoms with Gasteiger partial charge in [-0.1, -0.05) is 17.7 Å². The number of hydrogen-bond donors (Lipinski definition) is 2. The zero-order valence-electron chi connectivity index (χ0n) is 18.3. The summed E-state index contributed by atoms with van der Waals surface area (Å²) < 4.78 is 16.6. The average Bonchev–Trinajstić information content (AvgIpc) is 3.29. The van der Waals surface area contributed by atoms with E-state index in [0.717, 1.165) is 76.2 Å². The van der Waals surface area contributed by atoms with Crippen molar-refractivity contribution < 1.29 is 13.9 Å². The summed E-state index contributed by atoms with van der Waals surface area (Å²) in [4.78, 5) is 7.17. The largest absolute Gasteiger partial charge is 0.492 e. The quantitative estimate of drug-likeness (QED) is 0.197. The number of nitrogens with zero attached hydrogens (tertiary/aromatic N) is 2. The van der Waals surface area contributed by atoms with Crippen LogP contribution in [0.1, 0.15) is 17.7 Å². The van der Waals surface area contributed by atoms with Crippen LogP contribution in [0.4, 0.5) is 0 Å². The number of halogens is 1. The van der Waals surface area contributed by atoms with Crippen LogP contribution in [0.15, 0.2) is 52.1 Å². The Bertz CT molecular complexity index is 732. The summed E-state index contributed by atoms with van der Waals surface area (Å²) in [5.74, 6) is 2.67. The van der Waals surface area contributed by atoms with Crippen molar-refractivity contribution in [2.45, 2.75) is 19.8 Å². The van der Waals surface area contributed by atoms with Crippen molar-refractivity contribution in [2.24, 2.45) is 4.99 Å². The maximum atomic E-state index is 5.80. The molecule has 1 aromatic heterocycles. The zero-order chi connectivity index (χ0) is 20.9. The standard InChI is InChI=1S/C23H34N4O3.HI/c1-20-5-7-22(8-6-20)30-17-12-26-23(25-11-9-21-4-2-16-29-21)24-10-3-13-27-14-18-28-19-15-27;/h2,4-8,16H,3,9-15,17-19H2,1H3,(H2,24,25,26);1H. The smallest absolute Gasteiger partial charge is 0.191 e. The van der Waals surface area contributed by atoms with E-state index in [4.69, 9.17) is 18.9 Å². The van der Waals surface area contributed by atoms with Crippen LogP contribution in [0.2, 0.25) is 0 Å². The molecule has 8 heteroatoms. The van der Waals surface area contributed by atoms with Crippen LogP contribution in [0.3, 0.4) is 0 Å². The van der Waals surface area contributed by atoms with Gasteiger partial charge in [0.05, 0.1) is 26.0 Å². The number of nitrogens with one attached hydrogen (secondary N) is 2. The second-order valence-electron chi connectivity index (χ2n) is 7.38. The van der Waals surface area contributed by atoms with E-state index in [0.29, 0.717) is 13.2 Å². The van der Waals surface area contributed by atoms with Crippen LogP contribution in [0.5, 0.6) is 5.75 Å².